The molecular formula is C21H22N2O3. The number of rotatable bonds is 5. The van der Waals surface area contributed by atoms with Crippen LogP contribution in [0.5, 0.6) is 5.75 Å². The highest BCUT2D eigenvalue weighted by atomic mass is 16.5. The summed E-state index contributed by atoms with van der Waals surface area (Å²) in [5, 5.41) is 0.933. The highest BCUT2D eigenvalue weighted by Crippen LogP contribution is 2.22. The lowest BCUT2D eigenvalue weighted by Crippen LogP contribution is -2.31. The lowest BCUT2D eigenvalue weighted by atomic mass is 10.1. The first-order chi connectivity index (χ1) is 12.5. The fraction of sp³-hybridized carbons (Fsp3) is 0.238. The molecule has 3 rings (SSSR count). The van der Waals surface area contributed by atoms with Crippen LogP contribution >= 0.6 is 0 Å². The number of carbonyl (C=O) groups is 1. The van der Waals surface area contributed by atoms with Gasteiger partial charge in [-0.1, -0.05) is 36.4 Å². The maximum atomic E-state index is 12.5. The van der Waals surface area contributed by atoms with Gasteiger partial charge in [-0.2, -0.15) is 0 Å². The second-order valence-electron chi connectivity index (χ2n) is 6.46. The second-order valence-corrected chi connectivity index (χ2v) is 6.46. The number of H-pyrrole nitrogens is 1. The molecular weight excluding hydrogens is 328 g/mol. The molecule has 5 heteroatoms. The zero-order chi connectivity index (χ0) is 18.7. The van der Waals surface area contributed by atoms with Crippen molar-refractivity contribution in [2.75, 3.05) is 13.7 Å². The Bertz CT molecular complexity index is 987. The number of ether oxygens (including phenoxy) is 1. The monoisotopic (exact) mass is 350 g/mol. The van der Waals surface area contributed by atoms with Crippen LogP contribution in [0.15, 0.2) is 53.3 Å². The van der Waals surface area contributed by atoms with Crippen molar-refractivity contribution >= 4 is 16.8 Å². The number of pyridine rings is 1. The summed E-state index contributed by atoms with van der Waals surface area (Å²) >= 11 is 0. The molecule has 0 saturated heterocycles. The molecule has 5 nitrogen and oxygen atoms in total. The van der Waals surface area contributed by atoms with E-state index in [2.05, 4.69) is 4.98 Å². The number of hydrogen-bond acceptors (Lipinski definition) is 3. The van der Waals surface area contributed by atoms with Crippen molar-refractivity contribution in [3.8, 4) is 5.75 Å². The van der Waals surface area contributed by atoms with Gasteiger partial charge in [0.25, 0.3) is 5.91 Å². The van der Waals surface area contributed by atoms with E-state index in [4.69, 9.17) is 4.74 Å². The molecule has 1 amide bonds. The molecule has 1 aromatic heterocycles. The van der Waals surface area contributed by atoms with Crippen molar-refractivity contribution in [2.24, 2.45) is 0 Å². The zero-order valence-electron chi connectivity index (χ0n) is 15.2. The fourth-order valence-electron chi connectivity index (χ4n) is 3.02. The number of aryl methyl sites for hydroxylation is 2. The van der Waals surface area contributed by atoms with Crippen LogP contribution in [-0.4, -0.2) is 29.4 Å². The van der Waals surface area contributed by atoms with Crippen molar-refractivity contribution in [3.63, 3.8) is 0 Å². The van der Waals surface area contributed by atoms with Crippen LogP contribution in [0, 0.1) is 13.8 Å². The number of aromatic amines is 1. The number of hydrogen-bond donors (Lipinski definition) is 1. The minimum absolute atomic E-state index is 0.0384. The van der Waals surface area contributed by atoms with Crippen molar-refractivity contribution in [1.29, 1.82) is 0 Å². The van der Waals surface area contributed by atoms with Gasteiger partial charge in [0.2, 0.25) is 5.56 Å². The average Bonchev–Trinajstić information content (AvgIpc) is 2.61. The summed E-state index contributed by atoms with van der Waals surface area (Å²) in [6, 6.07) is 15.0. The number of amides is 1. The molecule has 3 aromatic rings. The minimum atomic E-state index is -0.175. The van der Waals surface area contributed by atoms with Crippen LogP contribution in [0.1, 0.15) is 16.7 Å². The predicted molar refractivity (Wildman–Crippen MR) is 102 cm³/mol. The quantitative estimate of drug-likeness (QED) is 0.769. The molecule has 0 aliphatic heterocycles. The summed E-state index contributed by atoms with van der Waals surface area (Å²) < 4.78 is 5.74. The molecule has 0 saturated carbocycles. The van der Waals surface area contributed by atoms with Crippen LogP contribution in [0.4, 0.5) is 0 Å². The third kappa shape index (κ3) is 3.77. The standard InChI is InChI=1S/C21H22N2O3/c1-14-7-6-8-15(2)21(14)26-13-20(25)23(3)12-16-11-19(24)22-18-10-5-4-9-17(16)18/h4-11H,12-13H2,1-3H3,(H,22,24). The van der Waals surface area contributed by atoms with Gasteiger partial charge >= 0.3 is 0 Å². The third-order valence-corrected chi connectivity index (χ3v) is 4.42. The summed E-state index contributed by atoms with van der Waals surface area (Å²) in [4.78, 5) is 28.7. The number of likely N-dealkylation sites (N-methyl/N-ethyl adjacent to an activating group) is 1. The van der Waals surface area contributed by atoms with Gasteiger partial charge in [-0.3, -0.25) is 9.59 Å². The number of nitrogens with one attached hydrogen (secondary N) is 1. The molecule has 0 spiro atoms. The van der Waals surface area contributed by atoms with Gasteiger partial charge in [0, 0.05) is 30.6 Å². The zero-order valence-corrected chi connectivity index (χ0v) is 15.2. The lowest BCUT2D eigenvalue weighted by molar-refractivity contribution is -0.132. The smallest absolute Gasteiger partial charge is 0.260 e. The van der Waals surface area contributed by atoms with E-state index in [-0.39, 0.29) is 18.1 Å². The Hall–Kier alpha value is -3.08. The molecule has 0 fully saturated rings. The molecule has 0 bridgehead atoms. The van der Waals surface area contributed by atoms with Crippen molar-refractivity contribution in [2.45, 2.75) is 20.4 Å². The number of para-hydroxylation sites is 2. The van der Waals surface area contributed by atoms with Crippen LogP contribution in [-0.2, 0) is 11.3 Å². The fourth-order valence-corrected chi connectivity index (χ4v) is 3.02. The van der Waals surface area contributed by atoms with E-state index >= 15 is 0 Å². The highest BCUT2D eigenvalue weighted by Gasteiger charge is 2.14. The second kappa shape index (κ2) is 7.44. The SMILES string of the molecule is Cc1cccc(C)c1OCC(=O)N(C)Cc1cc(=O)[nH]c2ccccc12. The highest BCUT2D eigenvalue weighted by molar-refractivity contribution is 5.83. The third-order valence-electron chi connectivity index (χ3n) is 4.42. The molecule has 26 heavy (non-hydrogen) atoms. The van der Waals surface area contributed by atoms with Gasteiger partial charge in [-0.25, -0.2) is 0 Å². The normalized spacial score (nSPS) is 10.7. The van der Waals surface area contributed by atoms with E-state index < -0.39 is 0 Å². The first kappa shape index (κ1) is 17.7. The number of aromatic nitrogens is 1. The number of nitrogens with zero attached hydrogens (tertiary/aromatic N) is 1. The van der Waals surface area contributed by atoms with E-state index in [0.717, 1.165) is 33.3 Å². The van der Waals surface area contributed by atoms with Gasteiger partial charge in [0.1, 0.15) is 5.75 Å². The molecule has 0 aliphatic carbocycles. The Morgan fingerprint density at radius 1 is 1.08 bits per heavy atom. The molecule has 1 heterocycles. The first-order valence-electron chi connectivity index (χ1n) is 8.49. The van der Waals surface area contributed by atoms with Gasteiger partial charge in [-0.05, 0) is 36.6 Å². The summed E-state index contributed by atoms with van der Waals surface area (Å²) in [5.41, 5.74) is 3.41. The summed E-state index contributed by atoms with van der Waals surface area (Å²) in [6.07, 6.45) is 0. The summed E-state index contributed by atoms with van der Waals surface area (Å²) in [5.74, 6) is 0.605. The van der Waals surface area contributed by atoms with Crippen molar-refractivity contribution in [3.05, 3.63) is 75.6 Å². The number of benzene rings is 2. The molecule has 0 aliphatic rings. The molecule has 0 radical (unpaired) electrons. The maximum absolute atomic E-state index is 12.5. The van der Waals surface area contributed by atoms with E-state index in [1.807, 2.05) is 56.3 Å². The largest absolute Gasteiger partial charge is 0.483 e. The van der Waals surface area contributed by atoms with E-state index in [0.29, 0.717) is 6.54 Å². The Morgan fingerprint density at radius 2 is 1.77 bits per heavy atom. The van der Waals surface area contributed by atoms with Crippen LogP contribution in [0.25, 0.3) is 10.9 Å². The Morgan fingerprint density at radius 3 is 2.50 bits per heavy atom. The Balaban J connectivity index is 1.73. The van der Waals surface area contributed by atoms with E-state index in [9.17, 15) is 9.59 Å². The Kier molecular flexibility index (Phi) is 5.07. The Labute approximate surface area is 152 Å². The van der Waals surface area contributed by atoms with Gasteiger partial charge in [-0.15, -0.1) is 0 Å². The van der Waals surface area contributed by atoms with Crippen LogP contribution in [0.3, 0.4) is 0 Å². The molecule has 0 unspecified atom stereocenters. The molecule has 134 valence electrons. The maximum Gasteiger partial charge on any atom is 0.260 e. The van der Waals surface area contributed by atoms with Crippen LogP contribution < -0.4 is 10.3 Å². The summed E-state index contributed by atoms with van der Waals surface area (Å²) in [7, 11) is 1.71. The van der Waals surface area contributed by atoms with E-state index in [1.54, 1.807) is 18.0 Å². The minimum Gasteiger partial charge on any atom is -0.483 e. The number of fused-ring (bicyclic) bond motifs is 1. The predicted octanol–water partition coefficient (Wildman–Crippen LogP) is 3.18. The summed E-state index contributed by atoms with van der Waals surface area (Å²) in [6.45, 7) is 4.22. The van der Waals surface area contributed by atoms with Gasteiger partial charge < -0.3 is 14.6 Å². The topological polar surface area (TPSA) is 62.4 Å². The first-order valence-corrected chi connectivity index (χ1v) is 8.49. The lowest BCUT2D eigenvalue weighted by Gasteiger charge is -2.19. The number of carbonyl (C=O) groups excluding carboxylic acids is 1. The molecule has 2 aromatic carbocycles. The van der Waals surface area contributed by atoms with Gasteiger partial charge in [0.15, 0.2) is 6.61 Å². The molecule has 0 atom stereocenters. The van der Waals surface area contributed by atoms with Crippen LogP contribution in [0.2, 0.25) is 0 Å². The van der Waals surface area contributed by atoms with Crippen molar-refractivity contribution < 1.29 is 9.53 Å². The average molecular weight is 350 g/mol. The van der Waals surface area contributed by atoms with Gasteiger partial charge in [0.05, 0.1) is 0 Å². The van der Waals surface area contributed by atoms with E-state index in [1.165, 1.54) is 0 Å². The van der Waals surface area contributed by atoms with Crippen molar-refractivity contribution in [1.82, 2.24) is 9.88 Å². The molecule has 1 N–H and O–H groups in total.